The highest BCUT2D eigenvalue weighted by atomic mass is 32.2. The summed E-state index contributed by atoms with van der Waals surface area (Å²) in [6.07, 6.45) is 0. The molecule has 8 heteroatoms. The quantitative estimate of drug-likeness (QED) is 0.566. The normalized spacial score (nSPS) is 14.2. The van der Waals surface area contributed by atoms with Crippen LogP contribution in [0.5, 0.6) is 5.75 Å². The fourth-order valence-corrected chi connectivity index (χ4v) is 5.00. The SMILES string of the molecule is CCOc1ccc2nc(SCC(=O)Nc3ccc(N4CCOCC4)cc3)sc2c1. The summed E-state index contributed by atoms with van der Waals surface area (Å²) in [5, 5.41) is 2.96. The number of carbonyl (C=O) groups is 1. The number of nitrogens with one attached hydrogen (secondary N) is 1. The maximum Gasteiger partial charge on any atom is 0.234 e. The molecule has 29 heavy (non-hydrogen) atoms. The first-order valence-corrected chi connectivity index (χ1v) is 11.4. The summed E-state index contributed by atoms with van der Waals surface area (Å²) in [4.78, 5) is 19.2. The molecule has 1 fully saturated rings. The Balaban J connectivity index is 1.31. The van der Waals surface area contributed by atoms with Gasteiger partial charge in [-0.05, 0) is 49.4 Å². The van der Waals surface area contributed by atoms with E-state index in [2.05, 4.69) is 15.2 Å². The number of fused-ring (bicyclic) bond motifs is 1. The number of rotatable bonds is 7. The van der Waals surface area contributed by atoms with Crippen LogP contribution in [0.15, 0.2) is 46.8 Å². The van der Waals surface area contributed by atoms with E-state index in [9.17, 15) is 4.79 Å². The number of nitrogens with zero attached hydrogens (tertiary/aromatic N) is 2. The number of thioether (sulfide) groups is 1. The molecule has 1 aliphatic rings. The first-order chi connectivity index (χ1) is 14.2. The minimum atomic E-state index is -0.0385. The van der Waals surface area contributed by atoms with Crippen molar-refractivity contribution < 1.29 is 14.3 Å². The lowest BCUT2D eigenvalue weighted by atomic mass is 10.2. The topological polar surface area (TPSA) is 63.7 Å². The molecule has 152 valence electrons. The van der Waals surface area contributed by atoms with Crippen molar-refractivity contribution >= 4 is 50.6 Å². The number of ether oxygens (including phenoxy) is 2. The molecular weight excluding hydrogens is 406 g/mol. The number of morpholine rings is 1. The molecule has 3 aromatic rings. The molecule has 1 amide bonds. The van der Waals surface area contributed by atoms with Gasteiger partial charge in [0.15, 0.2) is 4.34 Å². The summed E-state index contributed by atoms with van der Waals surface area (Å²) < 4.78 is 12.9. The summed E-state index contributed by atoms with van der Waals surface area (Å²) in [6.45, 7) is 5.92. The van der Waals surface area contributed by atoms with Crippen LogP contribution in [0.1, 0.15) is 6.92 Å². The highest BCUT2D eigenvalue weighted by molar-refractivity contribution is 8.01. The van der Waals surface area contributed by atoms with Gasteiger partial charge in [-0.1, -0.05) is 11.8 Å². The van der Waals surface area contributed by atoms with Gasteiger partial charge < -0.3 is 19.7 Å². The largest absolute Gasteiger partial charge is 0.494 e. The Morgan fingerprint density at radius 3 is 2.79 bits per heavy atom. The van der Waals surface area contributed by atoms with Crippen LogP contribution in [0.25, 0.3) is 10.2 Å². The summed E-state index contributed by atoms with van der Waals surface area (Å²) in [6, 6.07) is 13.8. The Hall–Kier alpha value is -2.29. The van der Waals surface area contributed by atoms with Gasteiger partial charge >= 0.3 is 0 Å². The standard InChI is InChI=1S/C21H23N3O3S2/c1-2-27-17-7-8-18-19(13-17)29-21(23-18)28-14-20(25)22-15-3-5-16(6-4-15)24-9-11-26-12-10-24/h3-8,13H,2,9-12,14H2,1H3,(H,22,25). The molecule has 0 unspecified atom stereocenters. The van der Waals surface area contributed by atoms with Crippen molar-refractivity contribution in [3.8, 4) is 5.75 Å². The van der Waals surface area contributed by atoms with Crippen LogP contribution < -0.4 is 15.0 Å². The summed E-state index contributed by atoms with van der Waals surface area (Å²) in [5.41, 5.74) is 2.89. The Morgan fingerprint density at radius 1 is 1.24 bits per heavy atom. The maximum absolute atomic E-state index is 12.3. The van der Waals surface area contributed by atoms with Gasteiger partial charge in [-0.15, -0.1) is 11.3 Å². The van der Waals surface area contributed by atoms with Gasteiger partial charge in [0.2, 0.25) is 5.91 Å². The average Bonchev–Trinajstić information content (AvgIpc) is 3.16. The molecule has 1 aromatic heterocycles. The van der Waals surface area contributed by atoms with E-state index >= 15 is 0 Å². The van der Waals surface area contributed by atoms with Gasteiger partial charge in [-0.2, -0.15) is 0 Å². The van der Waals surface area contributed by atoms with Crippen molar-refractivity contribution in [3.63, 3.8) is 0 Å². The van der Waals surface area contributed by atoms with Gasteiger partial charge in [-0.25, -0.2) is 4.98 Å². The van der Waals surface area contributed by atoms with Crippen molar-refractivity contribution in [2.24, 2.45) is 0 Å². The number of thiazole rings is 1. The molecule has 1 aliphatic heterocycles. The van der Waals surface area contributed by atoms with Crippen LogP contribution >= 0.6 is 23.1 Å². The molecule has 1 saturated heterocycles. The van der Waals surface area contributed by atoms with Crippen molar-refractivity contribution in [1.82, 2.24) is 4.98 Å². The molecule has 0 radical (unpaired) electrons. The van der Waals surface area contributed by atoms with Crippen molar-refractivity contribution in [2.75, 3.05) is 48.9 Å². The third-order valence-electron chi connectivity index (χ3n) is 4.51. The minimum Gasteiger partial charge on any atom is -0.494 e. The number of carbonyl (C=O) groups excluding carboxylic acids is 1. The van der Waals surface area contributed by atoms with Crippen LogP contribution in [0.4, 0.5) is 11.4 Å². The molecular formula is C21H23N3O3S2. The lowest BCUT2D eigenvalue weighted by Crippen LogP contribution is -2.36. The van der Waals surface area contributed by atoms with E-state index in [1.807, 2.05) is 49.4 Å². The van der Waals surface area contributed by atoms with Crippen LogP contribution in [-0.2, 0) is 9.53 Å². The third kappa shape index (κ3) is 5.20. The van der Waals surface area contributed by atoms with Crippen LogP contribution in [0.3, 0.4) is 0 Å². The summed E-state index contributed by atoms with van der Waals surface area (Å²) >= 11 is 3.03. The third-order valence-corrected chi connectivity index (χ3v) is 6.67. The van der Waals surface area contributed by atoms with Gasteiger partial charge in [-0.3, -0.25) is 4.79 Å². The van der Waals surface area contributed by atoms with Crippen molar-refractivity contribution in [1.29, 1.82) is 0 Å². The highest BCUT2D eigenvalue weighted by Crippen LogP contribution is 2.32. The van der Waals surface area contributed by atoms with E-state index in [1.165, 1.54) is 11.8 Å². The molecule has 2 heterocycles. The molecule has 1 N–H and O–H groups in total. The van der Waals surface area contributed by atoms with Crippen molar-refractivity contribution in [2.45, 2.75) is 11.3 Å². The second kappa shape index (κ2) is 9.47. The second-order valence-corrected chi connectivity index (χ2v) is 8.78. The van der Waals surface area contributed by atoms with E-state index in [0.29, 0.717) is 12.4 Å². The van der Waals surface area contributed by atoms with E-state index in [4.69, 9.17) is 9.47 Å². The fraction of sp³-hybridized carbons (Fsp3) is 0.333. The zero-order valence-corrected chi connectivity index (χ0v) is 17.9. The smallest absolute Gasteiger partial charge is 0.234 e. The molecule has 6 nitrogen and oxygen atoms in total. The van der Waals surface area contributed by atoms with E-state index in [-0.39, 0.29) is 5.91 Å². The Morgan fingerprint density at radius 2 is 2.03 bits per heavy atom. The maximum atomic E-state index is 12.3. The Kier molecular flexibility index (Phi) is 6.53. The van der Waals surface area contributed by atoms with Crippen LogP contribution in [0.2, 0.25) is 0 Å². The molecule has 0 saturated carbocycles. The number of anilines is 2. The zero-order chi connectivity index (χ0) is 20.1. The lowest BCUT2D eigenvalue weighted by Gasteiger charge is -2.28. The molecule has 0 spiro atoms. The predicted octanol–water partition coefficient (Wildman–Crippen LogP) is 4.26. The van der Waals surface area contributed by atoms with Gasteiger partial charge in [0.1, 0.15) is 5.75 Å². The number of hydrogen-bond donors (Lipinski definition) is 1. The zero-order valence-electron chi connectivity index (χ0n) is 16.2. The molecule has 0 atom stereocenters. The van der Waals surface area contributed by atoms with E-state index < -0.39 is 0 Å². The van der Waals surface area contributed by atoms with Gasteiger partial charge in [0, 0.05) is 24.5 Å². The number of hydrogen-bond acceptors (Lipinski definition) is 7. The van der Waals surface area contributed by atoms with Crippen molar-refractivity contribution in [3.05, 3.63) is 42.5 Å². The Labute approximate surface area is 178 Å². The fourth-order valence-electron chi connectivity index (χ4n) is 3.10. The first-order valence-electron chi connectivity index (χ1n) is 9.60. The van der Waals surface area contributed by atoms with Crippen LogP contribution in [-0.4, -0.2) is 49.6 Å². The highest BCUT2D eigenvalue weighted by Gasteiger charge is 2.12. The molecule has 4 rings (SSSR count). The summed E-state index contributed by atoms with van der Waals surface area (Å²) in [7, 11) is 0. The number of benzene rings is 2. The summed E-state index contributed by atoms with van der Waals surface area (Å²) in [5.74, 6) is 1.13. The minimum absolute atomic E-state index is 0.0385. The van der Waals surface area contributed by atoms with E-state index in [0.717, 1.165) is 58.0 Å². The second-order valence-electron chi connectivity index (χ2n) is 6.53. The van der Waals surface area contributed by atoms with E-state index in [1.54, 1.807) is 11.3 Å². The van der Waals surface area contributed by atoms with Gasteiger partial charge in [0.05, 0.1) is 35.8 Å². The lowest BCUT2D eigenvalue weighted by molar-refractivity contribution is -0.113. The molecule has 0 bridgehead atoms. The monoisotopic (exact) mass is 429 g/mol. The predicted molar refractivity (Wildman–Crippen MR) is 120 cm³/mol. The Bertz CT molecular complexity index is 969. The molecule has 2 aromatic carbocycles. The van der Waals surface area contributed by atoms with Crippen LogP contribution in [0, 0.1) is 0 Å². The van der Waals surface area contributed by atoms with Gasteiger partial charge in [0.25, 0.3) is 0 Å². The number of aromatic nitrogens is 1. The number of amides is 1. The first kappa shape index (κ1) is 20.0. The average molecular weight is 430 g/mol. The molecule has 0 aliphatic carbocycles.